The van der Waals surface area contributed by atoms with Gasteiger partial charge in [0, 0.05) is 20.1 Å². The summed E-state index contributed by atoms with van der Waals surface area (Å²) in [5.74, 6) is -0.0342. The van der Waals surface area contributed by atoms with Crippen molar-refractivity contribution in [3.8, 4) is 0 Å². The molecule has 1 aliphatic rings. The lowest BCUT2D eigenvalue weighted by Gasteiger charge is -2.26. The number of rotatable bonds is 3. The molecule has 2 N–H and O–H groups in total. The lowest BCUT2D eigenvalue weighted by atomic mass is 10.2. The van der Waals surface area contributed by atoms with Crippen LogP contribution in [0.3, 0.4) is 0 Å². The zero-order chi connectivity index (χ0) is 12.3. The van der Waals surface area contributed by atoms with Crippen molar-refractivity contribution in [3.05, 3.63) is 18.2 Å². The maximum atomic E-state index is 11.6. The highest BCUT2D eigenvalue weighted by Gasteiger charge is 2.23. The minimum absolute atomic E-state index is 0.0293. The van der Waals surface area contributed by atoms with E-state index in [-0.39, 0.29) is 18.1 Å². The van der Waals surface area contributed by atoms with Gasteiger partial charge in [0.25, 0.3) is 0 Å². The molecule has 1 amide bonds. The first-order valence-electron chi connectivity index (χ1n) is 5.79. The number of ether oxygens (including phenoxy) is 1. The van der Waals surface area contributed by atoms with Gasteiger partial charge in [-0.15, -0.1) is 0 Å². The zero-order valence-corrected chi connectivity index (χ0v) is 10.1. The van der Waals surface area contributed by atoms with E-state index in [1.807, 2.05) is 11.5 Å². The highest BCUT2D eigenvalue weighted by atomic mass is 16.5. The molecule has 0 aliphatic carbocycles. The molecule has 1 fully saturated rings. The van der Waals surface area contributed by atoms with Crippen molar-refractivity contribution in [2.24, 2.45) is 0 Å². The van der Waals surface area contributed by atoms with Crippen LogP contribution in [-0.2, 0) is 9.53 Å². The highest BCUT2D eigenvalue weighted by molar-refractivity contribution is 5.79. The maximum absolute atomic E-state index is 11.6. The molecular weight excluding hydrogens is 220 g/mol. The standard InChI is InChI=1S/C11H18N4O2/c1-8(11(16)12-2)15-7-14-5-9(15)10-6-13-3-4-17-10/h5,7-8,10,13H,3-4,6H2,1-2H3,(H,12,16). The highest BCUT2D eigenvalue weighted by Crippen LogP contribution is 2.21. The Balaban J connectivity index is 2.18. The van der Waals surface area contributed by atoms with Gasteiger partial charge in [0.05, 0.1) is 24.8 Å². The number of nitrogens with one attached hydrogen (secondary N) is 2. The largest absolute Gasteiger partial charge is 0.369 e. The number of nitrogens with zero attached hydrogens (tertiary/aromatic N) is 2. The second kappa shape index (κ2) is 5.29. The molecule has 2 rings (SSSR count). The summed E-state index contributed by atoms with van der Waals surface area (Å²) in [6, 6.07) is -0.275. The fourth-order valence-electron chi connectivity index (χ4n) is 1.98. The van der Waals surface area contributed by atoms with Crippen molar-refractivity contribution in [1.82, 2.24) is 20.2 Å². The van der Waals surface area contributed by atoms with Crippen LogP contribution >= 0.6 is 0 Å². The summed E-state index contributed by atoms with van der Waals surface area (Å²) < 4.78 is 7.53. The van der Waals surface area contributed by atoms with Crippen molar-refractivity contribution in [2.75, 3.05) is 26.7 Å². The Morgan fingerprint density at radius 2 is 2.59 bits per heavy atom. The number of carbonyl (C=O) groups excluding carboxylic acids is 1. The van der Waals surface area contributed by atoms with Crippen LogP contribution in [0.15, 0.2) is 12.5 Å². The first-order valence-corrected chi connectivity index (χ1v) is 5.79. The molecule has 0 bridgehead atoms. The van der Waals surface area contributed by atoms with Gasteiger partial charge in [-0.25, -0.2) is 4.98 Å². The Labute approximate surface area is 100 Å². The van der Waals surface area contributed by atoms with Gasteiger partial charge in [-0.2, -0.15) is 0 Å². The van der Waals surface area contributed by atoms with Crippen LogP contribution in [0.5, 0.6) is 0 Å². The summed E-state index contributed by atoms with van der Waals surface area (Å²) >= 11 is 0. The van der Waals surface area contributed by atoms with E-state index in [1.165, 1.54) is 0 Å². The average Bonchev–Trinajstić information content (AvgIpc) is 2.87. The van der Waals surface area contributed by atoms with Crippen molar-refractivity contribution in [1.29, 1.82) is 0 Å². The van der Waals surface area contributed by atoms with Gasteiger partial charge in [0.2, 0.25) is 5.91 Å². The molecule has 2 unspecified atom stereocenters. The van der Waals surface area contributed by atoms with Gasteiger partial charge in [0.15, 0.2) is 0 Å². The molecule has 1 aromatic heterocycles. The Kier molecular flexibility index (Phi) is 3.75. The topological polar surface area (TPSA) is 68.2 Å². The summed E-state index contributed by atoms with van der Waals surface area (Å²) in [5, 5.41) is 5.90. The molecule has 2 atom stereocenters. The van der Waals surface area contributed by atoms with Gasteiger partial charge < -0.3 is 19.9 Å². The fourth-order valence-corrected chi connectivity index (χ4v) is 1.98. The maximum Gasteiger partial charge on any atom is 0.242 e. The van der Waals surface area contributed by atoms with Gasteiger partial charge >= 0.3 is 0 Å². The van der Waals surface area contributed by atoms with Gasteiger partial charge in [0.1, 0.15) is 12.1 Å². The molecule has 0 spiro atoms. The summed E-state index contributed by atoms with van der Waals surface area (Å²) in [5.41, 5.74) is 0.938. The monoisotopic (exact) mass is 238 g/mol. The molecule has 0 aromatic carbocycles. The number of carbonyl (C=O) groups is 1. The summed E-state index contributed by atoms with van der Waals surface area (Å²) in [6.45, 7) is 4.16. The van der Waals surface area contributed by atoms with Crippen LogP contribution in [-0.4, -0.2) is 42.2 Å². The zero-order valence-electron chi connectivity index (χ0n) is 10.1. The molecule has 2 heterocycles. The van der Waals surface area contributed by atoms with E-state index in [0.717, 1.165) is 18.8 Å². The van der Waals surface area contributed by atoms with E-state index in [1.54, 1.807) is 19.6 Å². The first-order chi connectivity index (χ1) is 8.24. The minimum Gasteiger partial charge on any atom is -0.369 e. The average molecular weight is 238 g/mol. The smallest absolute Gasteiger partial charge is 0.242 e. The van der Waals surface area contributed by atoms with E-state index in [0.29, 0.717) is 6.61 Å². The number of aromatic nitrogens is 2. The molecule has 6 heteroatoms. The Morgan fingerprint density at radius 3 is 3.24 bits per heavy atom. The lowest BCUT2D eigenvalue weighted by molar-refractivity contribution is -0.123. The summed E-state index contributed by atoms with van der Waals surface area (Å²) in [7, 11) is 1.63. The van der Waals surface area contributed by atoms with Gasteiger partial charge in [-0.05, 0) is 6.92 Å². The molecule has 94 valence electrons. The normalized spacial score (nSPS) is 22.1. The first kappa shape index (κ1) is 12.1. The number of morpholine rings is 1. The van der Waals surface area contributed by atoms with E-state index in [4.69, 9.17) is 4.74 Å². The van der Waals surface area contributed by atoms with Crippen LogP contribution in [0.25, 0.3) is 0 Å². The third-order valence-corrected chi connectivity index (χ3v) is 3.00. The number of imidazole rings is 1. The second-order valence-corrected chi connectivity index (χ2v) is 4.08. The minimum atomic E-state index is -0.275. The number of hydrogen-bond donors (Lipinski definition) is 2. The van der Waals surface area contributed by atoms with Crippen LogP contribution in [0, 0.1) is 0 Å². The molecule has 6 nitrogen and oxygen atoms in total. The third-order valence-electron chi connectivity index (χ3n) is 3.00. The number of likely N-dealkylation sites (N-methyl/N-ethyl adjacent to an activating group) is 1. The fraction of sp³-hybridized carbons (Fsp3) is 0.636. The molecule has 17 heavy (non-hydrogen) atoms. The lowest BCUT2D eigenvalue weighted by Crippen LogP contribution is -2.35. The van der Waals surface area contributed by atoms with Crippen molar-refractivity contribution < 1.29 is 9.53 Å². The van der Waals surface area contributed by atoms with Gasteiger partial charge in [-0.1, -0.05) is 0 Å². The van der Waals surface area contributed by atoms with Crippen molar-refractivity contribution in [3.63, 3.8) is 0 Å². The van der Waals surface area contributed by atoms with Gasteiger partial charge in [-0.3, -0.25) is 4.79 Å². The quantitative estimate of drug-likeness (QED) is 0.768. The summed E-state index contributed by atoms with van der Waals surface area (Å²) in [6.07, 6.45) is 3.41. The van der Waals surface area contributed by atoms with Crippen LogP contribution in [0.2, 0.25) is 0 Å². The predicted molar refractivity (Wildman–Crippen MR) is 62.6 cm³/mol. The van der Waals surface area contributed by atoms with Crippen LogP contribution < -0.4 is 10.6 Å². The molecule has 1 saturated heterocycles. The van der Waals surface area contributed by atoms with E-state index in [9.17, 15) is 4.79 Å². The molecule has 1 aliphatic heterocycles. The Hall–Kier alpha value is -1.40. The molecule has 0 saturated carbocycles. The van der Waals surface area contributed by atoms with E-state index in [2.05, 4.69) is 15.6 Å². The summed E-state index contributed by atoms with van der Waals surface area (Å²) in [4.78, 5) is 15.7. The van der Waals surface area contributed by atoms with Crippen LogP contribution in [0.4, 0.5) is 0 Å². The van der Waals surface area contributed by atoms with Crippen molar-refractivity contribution >= 4 is 5.91 Å². The third kappa shape index (κ3) is 2.48. The number of amides is 1. The number of hydrogen-bond acceptors (Lipinski definition) is 4. The molecular formula is C11H18N4O2. The predicted octanol–water partition coefficient (Wildman–Crippen LogP) is -0.149. The molecule has 0 radical (unpaired) electrons. The van der Waals surface area contributed by atoms with Crippen molar-refractivity contribution in [2.45, 2.75) is 19.1 Å². The van der Waals surface area contributed by atoms with Crippen LogP contribution in [0.1, 0.15) is 24.8 Å². The SMILES string of the molecule is CNC(=O)C(C)n1cncc1C1CNCCO1. The Bertz CT molecular complexity index is 385. The second-order valence-electron chi connectivity index (χ2n) is 4.08. The molecule has 1 aromatic rings. The Morgan fingerprint density at radius 1 is 1.76 bits per heavy atom. The van der Waals surface area contributed by atoms with E-state index >= 15 is 0 Å². The van der Waals surface area contributed by atoms with E-state index < -0.39 is 0 Å².